The van der Waals surface area contributed by atoms with Gasteiger partial charge in [-0.25, -0.2) is 19.9 Å². The van der Waals surface area contributed by atoms with E-state index in [-0.39, 0.29) is 0 Å². The Hall–Kier alpha value is -1.92. The van der Waals surface area contributed by atoms with Gasteiger partial charge in [0.05, 0.1) is 13.1 Å². The van der Waals surface area contributed by atoms with Crippen LogP contribution < -0.4 is 0 Å². The molecule has 0 amide bonds. The Morgan fingerprint density at radius 1 is 0.750 bits per heavy atom. The molecule has 1 aliphatic heterocycles. The SMILES string of the molecule is CCC1CN(Cc2ncccn2)C(CC)CN1Cc1ncccn1. The highest BCUT2D eigenvalue weighted by atomic mass is 15.3. The maximum atomic E-state index is 4.39. The minimum atomic E-state index is 0.514. The van der Waals surface area contributed by atoms with Gasteiger partial charge >= 0.3 is 0 Å². The quantitative estimate of drug-likeness (QED) is 0.811. The van der Waals surface area contributed by atoms with Crippen LogP contribution in [-0.2, 0) is 13.1 Å². The molecule has 128 valence electrons. The molecule has 0 saturated carbocycles. The summed E-state index contributed by atoms with van der Waals surface area (Å²) in [6.45, 7) is 8.25. The summed E-state index contributed by atoms with van der Waals surface area (Å²) in [7, 11) is 0. The molecule has 3 rings (SSSR count). The Labute approximate surface area is 144 Å². The molecule has 0 bridgehead atoms. The first-order valence-electron chi connectivity index (χ1n) is 8.80. The van der Waals surface area contributed by atoms with Crippen LogP contribution in [0.15, 0.2) is 36.9 Å². The number of piperazine rings is 1. The van der Waals surface area contributed by atoms with E-state index in [4.69, 9.17) is 0 Å². The molecule has 2 aromatic rings. The smallest absolute Gasteiger partial charge is 0.142 e. The van der Waals surface area contributed by atoms with Crippen molar-refractivity contribution in [2.24, 2.45) is 0 Å². The standard InChI is InChI=1S/C18H26N6/c1-3-15-11-24(14-18-21-9-6-10-22-18)16(4-2)12-23(15)13-17-19-7-5-8-20-17/h5-10,15-16H,3-4,11-14H2,1-2H3. The van der Waals surface area contributed by atoms with Crippen LogP contribution in [0.2, 0.25) is 0 Å². The van der Waals surface area contributed by atoms with Gasteiger partial charge in [0, 0.05) is 50.0 Å². The summed E-state index contributed by atoms with van der Waals surface area (Å²) < 4.78 is 0. The van der Waals surface area contributed by atoms with Crippen molar-refractivity contribution in [3.8, 4) is 0 Å². The second kappa shape index (κ2) is 8.26. The lowest BCUT2D eigenvalue weighted by atomic mass is 10.0. The van der Waals surface area contributed by atoms with Crippen LogP contribution in [0.3, 0.4) is 0 Å². The molecular weight excluding hydrogens is 300 g/mol. The lowest BCUT2D eigenvalue weighted by Crippen LogP contribution is -2.57. The molecule has 0 N–H and O–H groups in total. The summed E-state index contributed by atoms with van der Waals surface area (Å²) in [6.07, 6.45) is 9.53. The van der Waals surface area contributed by atoms with Gasteiger partial charge in [-0.1, -0.05) is 13.8 Å². The predicted molar refractivity (Wildman–Crippen MR) is 93.0 cm³/mol. The molecule has 24 heavy (non-hydrogen) atoms. The van der Waals surface area contributed by atoms with E-state index in [0.717, 1.165) is 50.7 Å². The molecule has 1 aliphatic rings. The van der Waals surface area contributed by atoms with Crippen LogP contribution >= 0.6 is 0 Å². The number of rotatable bonds is 6. The van der Waals surface area contributed by atoms with E-state index in [0.29, 0.717) is 12.1 Å². The molecule has 3 heterocycles. The first kappa shape index (κ1) is 16.9. The molecule has 2 atom stereocenters. The zero-order valence-electron chi connectivity index (χ0n) is 14.5. The summed E-state index contributed by atoms with van der Waals surface area (Å²) >= 11 is 0. The molecule has 0 aromatic carbocycles. The summed E-state index contributed by atoms with van der Waals surface area (Å²) in [5, 5.41) is 0. The highest BCUT2D eigenvalue weighted by molar-refractivity contribution is 4.96. The lowest BCUT2D eigenvalue weighted by molar-refractivity contribution is 0.0123. The van der Waals surface area contributed by atoms with Crippen LogP contribution in [0.1, 0.15) is 38.3 Å². The van der Waals surface area contributed by atoms with Gasteiger partial charge in [-0.15, -0.1) is 0 Å². The molecule has 6 nitrogen and oxygen atoms in total. The van der Waals surface area contributed by atoms with Crippen molar-refractivity contribution in [3.05, 3.63) is 48.6 Å². The zero-order chi connectivity index (χ0) is 16.8. The summed E-state index contributed by atoms with van der Waals surface area (Å²) in [4.78, 5) is 22.6. The summed E-state index contributed by atoms with van der Waals surface area (Å²) in [6, 6.07) is 4.77. The van der Waals surface area contributed by atoms with E-state index in [1.807, 2.05) is 36.9 Å². The van der Waals surface area contributed by atoms with Crippen molar-refractivity contribution in [3.63, 3.8) is 0 Å². The van der Waals surface area contributed by atoms with E-state index >= 15 is 0 Å². The Kier molecular flexibility index (Phi) is 5.82. The molecule has 2 aromatic heterocycles. The van der Waals surface area contributed by atoms with Gasteiger partial charge in [0.25, 0.3) is 0 Å². The Morgan fingerprint density at radius 3 is 1.46 bits per heavy atom. The van der Waals surface area contributed by atoms with Crippen molar-refractivity contribution in [1.82, 2.24) is 29.7 Å². The molecule has 2 unspecified atom stereocenters. The van der Waals surface area contributed by atoms with Gasteiger partial charge in [0.15, 0.2) is 0 Å². The highest BCUT2D eigenvalue weighted by Gasteiger charge is 2.32. The number of hydrogen-bond acceptors (Lipinski definition) is 6. The van der Waals surface area contributed by atoms with Crippen LogP contribution in [0, 0.1) is 0 Å². The summed E-state index contributed by atoms with van der Waals surface area (Å²) in [5.74, 6) is 1.82. The number of aromatic nitrogens is 4. The highest BCUT2D eigenvalue weighted by Crippen LogP contribution is 2.22. The third-order valence-corrected chi connectivity index (χ3v) is 4.79. The van der Waals surface area contributed by atoms with E-state index in [2.05, 4.69) is 43.6 Å². The monoisotopic (exact) mass is 326 g/mol. The van der Waals surface area contributed by atoms with Crippen LogP contribution in [0.4, 0.5) is 0 Å². The third kappa shape index (κ3) is 4.13. The van der Waals surface area contributed by atoms with E-state index < -0.39 is 0 Å². The first-order valence-corrected chi connectivity index (χ1v) is 8.80. The predicted octanol–water partition coefficient (Wildman–Crippen LogP) is 2.14. The van der Waals surface area contributed by atoms with Gasteiger partial charge in [0.2, 0.25) is 0 Å². The van der Waals surface area contributed by atoms with Crippen molar-refractivity contribution in [2.45, 2.75) is 51.9 Å². The fraction of sp³-hybridized carbons (Fsp3) is 0.556. The topological polar surface area (TPSA) is 58.0 Å². The van der Waals surface area contributed by atoms with Gasteiger partial charge < -0.3 is 0 Å². The normalized spacial score (nSPS) is 22.6. The molecule has 1 fully saturated rings. The summed E-state index contributed by atoms with van der Waals surface area (Å²) in [5.41, 5.74) is 0. The minimum absolute atomic E-state index is 0.514. The fourth-order valence-corrected chi connectivity index (χ4v) is 3.42. The lowest BCUT2D eigenvalue weighted by Gasteiger charge is -2.45. The molecule has 0 spiro atoms. The van der Waals surface area contributed by atoms with Gasteiger partial charge in [-0.05, 0) is 25.0 Å². The van der Waals surface area contributed by atoms with Gasteiger partial charge in [0.1, 0.15) is 11.6 Å². The third-order valence-electron chi connectivity index (χ3n) is 4.79. The second-order valence-corrected chi connectivity index (χ2v) is 6.31. The second-order valence-electron chi connectivity index (χ2n) is 6.31. The van der Waals surface area contributed by atoms with E-state index in [9.17, 15) is 0 Å². The fourth-order valence-electron chi connectivity index (χ4n) is 3.42. The largest absolute Gasteiger partial charge is 0.290 e. The number of nitrogens with zero attached hydrogens (tertiary/aromatic N) is 6. The molecule has 0 radical (unpaired) electrons. The van der Waals surface area contributed by atoms with E-state index in [1.165, 1.54) is 0 Å². The average Bonchev–Trinajstić information content (AvgIpc) is 2.64. The maximum Gasteiger partial charge on any atom is 0.142 e. The van der Waals surface area contributed by atoms with Crippen molar-refractivity contribution in [1.29, 1.82) is 0 Å². The molecule has 1 saturated heterocycles. The maximum absolute atomic E-state index is 4.39. The minimum Gasteiger partial charge on any atom is -0.290 e. The first-order chi connectivity index (χ1) is 11.8. The van der Waals surface area contributed by atoms with Crippen molar-refractivity contribution < 1.29 is 0 Å². The Morgan fingerprint density at radius 2 is 1.12 bits per heavy atom. The Balaban J connectivity index is 1.69. The zero-order valence-corrected chi connectivity index (χ0v) is 14.5. The van der Waals surface area contributed by atoms with Crippen molar-refractivity contribution >= 4 is 0 Å². The van der Waals surface area contributed by atoms with Crippen molar-refractivity contribution in [2.75, 3.05) is 13.1 Å². The van der Waals surface area contributed by atoms with Crippen LogP contribution in [0.5, 0.6) is 0 Å². The Bertz CT molecular complexity index is 550. The molecule has 0 aliphatic carbocycles. The van der Waals surface area contributed by atoms with Gasteiger partial charge in [-0.2, -0.15) is 0 Å². The van der Waals surface area contributed by atoms with Crippen LogP contribution in [0.25, 0.3) is 0 Å². The van der Waals surface area contributed by atoms with Gasteiger partial charge in [-0.3, -0.25) is 9.80 Å². The van der Waals surface area contributed by atoms with Crippen LogP contribution in [-0.4, -0.2) is 54.9 Å². The van der Waals surface area contributed by atoms with E-state index in [1.54, 1.807) is 0 Å². The number of hydrogen-bond donors (Lipinski definition) is 0. The molecule has 6 heteroatoms. The molecular formula is C18H26N6. The average molecular weight is 326 g/mol.